The molecule has 3 aromatic rings. The van der Waals surface area contributed by atoms with Gasteiger partial charge in [-0.3, -0.25) is 19.8 Å². The molecule has 2 heterocycles. The number of aryl methyl sites for hydroxylation is 2. The van der Waals surface area contributed by atoms with Crippen LogP contribution in [-0.4, -0.2) is 32.6 Å². The van der Waals surface area contributed by atoms with E-state index in [1.807, 2.05) is 50.5 Å². The first-order valence-electron chi connectivity index (χ1n) is 10.7. The molecule has 0 saturated carbocycles. The molecule has 4 rings (SSSR count). The van der Waals surface area contributed by atoms with E-state index in [-0.39, 0.29) is 21.3 Å². The number of carboxylic acid groups (broad SMARTS) is 1. The summed E-state index contributed by atoms with van der Waals surface area (Å²) >= 11 is 11.5. The lowest BCUT2D eigenvalue weighted by Gasteiger charge is -2.30. The van der Waals surface area contributed by atoms with Gasteiger partial charge in [0, 0.05) is 17.1 Å². The van der Waals surface area contributed by atoms with Crippen molar-refractivity contribution in [1.82, 2.24) is 9.88 Å². The third kappa shape index (κ3) is 4.26. The maximum Gasteiger partial charge on any atom is 0.337 e. The first-order valence-corrected chi connectivity index (χ1v) is 11.5. The summed E-state index contributed by atoms with van der Waals surface area (Å²) < 4.78 is 1.88. The summed E-state index contributed by atoms with van der Waals surface area (Å²) in [5.41, 5.74) is 5.36. The van der Waals surface area contributed by atoms with Crippen molar-refractivity contribution in [2.75, 3.05) is 4.90 Å². The minimum atomic E-state index is -1.11. The number of rotatable bonds is 4. The van der Waals surface area contributed by atoms with Gasteiger partial charge < -0.3 is 9.67 Å². The predicted molar refractivity (Wildman–Crippen MR) is 139 cm³/mol. The van der Waals surface area contributed by atoms with Crippen molar-refractivity contribution < 1.29 is 19.5 Å². The second-order valence-corrected chi connectivity index (χ2v) is 9.10. The molecular formula is C26H22ClN3O4S. The molecule has 9 heteroatoms. The van der Waals surface area contributed by atoms with Gasteiger partial charge in [-0.2, -0.15) is 0 Å². The Kier molecular flexibility index (Phi) is 6.36. The zero-order chi connectivity index (χ0) is 25.6. The monoisotopic (exact) mass is 507 g/mol. The van der Waals surface area contributed by atoms with E-state index in [0.717, 1.165) is 22.5 Å². The Labute approximate surface area is 212 Å². The zero-order valence-electron chi connectivity index (χ0n) is 19.5. The Bertz CT molecular complexity index is 1470. The van der Waals surface area contributed by atoms with Crippen molar-refractivity contribution in [3.8, 4) is 5.69 Å². The minimum absolute atomic E-state index is 0.00666. The lowest BCUT2D eigenvalue weighted by molar-refractivity contribution is -0.122. The lowest BCUT2D eigenvalue weighted by Crippen LogP contribution is -2.54. The number of hydrogen-bond acceptors (Lipinski definition) is 4. The van der Waals surface area contributed by atoms with E-state index in [9.17, 15) is 19.5 Å². The van der Waals surface area contributed by atoms with Crippen LogP contribution < -0.4 is 10.2 Å². The summed E-state index contributed by atoms with van der Waals surface area (Å²) in [5, 5.41) is 12.0. The standard InChI is InChI=1S/C26H22ClN3O4S/c1-13-6-5-7-22(15(13)3)30-24(32)20(23(31)28-26(30)35)11-17-10-14(2)29(16(17)4)18-8-9-19(25(33)34)21(27)12-18/h5-12H,1-4H3,(H,33,34)(H,28,31,35)/b20-11+. The highest BCUT2D eigenvalue weighted by molar-refractivity contribution is 7.80. The number of hydrogen-bond donors (Lipinski definition) is 2. The molecule has 2 aromatic carbocycles. The van der Waals surface area contributed by atoms with Crippen LogP contribution in [0.15, 0.2) is 48.0 Å². The second-order valence-electron chi connectivity index (χ2n) is 8.31. The SMILES string of the molecule is Cc1cccc(N2C(=O)/C(=C/c3cc(C)n(-c4ccc(C(=O)O)c(Cl)c4)c3C)C(=O)NC2=S)c1C. The van der Waals surface area contributed by atoms with Crippen LogP contribution in [0.2, 0.25) is 5.02 Å². The Morgan fingerprint density at radius 1 is 1.09 bits per heavy atom. The van der Waals surface area contributed by atoms with Gasteiger partial charge in [0.2, 0.25) is 0 Å². The Balaban J connectivity index is 1.78. The average molecular weight is 508 g/mol. The largest absolute Gasteiger partial charge is 0.478 e. The van der Waals surface area contributed by atoms with E-state index in [0.29, 0.717) is 16.9 Å². The summed E-state index contributed by atoms with van der Waals surface area (Å²) in [4.78, 5) is 38.9. The van der Waals surface area contributed by atoms with Gasteiger partial charge in [0.15, 0.2) is 5.11 Å². The summed E-state index contributed by atoms with van der Waals surface area (Å²) in [5.74, 6) is -2.19. The highest BCUT2D eigenvalue weighted by Gasteiger charge is 2.35. The molecule has 1 saturated heterocycles. The van der Waals surface area contributed by atoms with E-state index in [2.05, 4.69) is 5.32 Å². The third-order valence-electron chi connectivity index (χ3n) is 6.13. The van der Waals surface area contributed by atoms with Crippen molar-refractivity contribution in [2.45, 2.75) is 27.7 Å². The van der Waals surface area contributed by atoms with Crippen molar-refractivity contribution in [3.63, 3.8) is 0 Å². The first-order chi connectivity index (χ1) is 16.5. The minimum Gasteiger partial charge on any atom is -0.478 e. The Hall–Kier alpha value is -3.75. The molecule has 1 aromatic heterocycles. The van der Waals surface area contributed by atoms with Gasteiger partial charge in [0.05, 0.1) is 16.3 Å². The molecule has 0 bridgehead atoms. The van der Waals surface area contributed by atoms with Crippen molar-refractivity contribution >= 4 is 58.5 Å². The number of aromatic carboxylic acids is 1. The molecule has 1 aliphatic rings. The number of carboxylic acids is 1. The third-order valence-corrected chi connectivity index (χ3v) is 6.73. The first kappa shape index (κ1) is 24.4. The smallest absolute Gasteiger partial charge is 0.337 e. The molecule has 0 unspecified atom stereocenters. The summed E-state index contributed by atoms with van der Waals surface area (Å²) in [6.07, 6.45) is 1.55. The molecule has 35 heavy (non-hydrogen) atoms. The number of halogens is 1. The van der Waals surface area contributed by atoms with E-state index < -0.39 is 17.8 Å². The molecule has 0 radical (unpaired) electrons. The van der Waals surface area contributed by atoms with Gasteiger partial charge in [-0.15, -0.1) is 0 Å². The molecule has 7 nitrogen and oxygen atoms in total. The highest BCUT2D eigenvalue weighted by atomic mass is 35.5. The number of thiocarbonyl (C=S) groups is 1. The molecule has 2 amide bonds. The van der Waals surface area contributed by atoms with Crippen LogP contribution in [0.5, 0.6) is 0 Å². The number of nitrogens with one attached hydrogen (secondary N) is 1. The van der Waals surface area contributed by atoms with Gasteiger partial charge >= 0.3 is 5.97 Å². The quantitative estimate of drug-likeness (QED) is 0.298. The maximum absolute atomic E-state index is 13.5. The van der Waals surface area contributed by atoms with E-state index >= 15 is 0 Å². The van der Waals surface area contributed by atoms with Crippen LogP contribution in [0.3, 0.4) is 0 Å². The Morgan fingerprint density at radius 2 is 1.80 bits per heavy atom. The van der Waals surface area contributed by atoms with Crippen LogP contribution in [0.1, 0.15) is 38.4 Å². The summed E-state index contributed by atoms with van der Waals surface area (Å²) in [7, 11) is 0. The Morgan fingerprint density at radius 3 is 2.46 bits per heavy atom. The van der Waals surface area contributed by atoms with Crippen LogP contribution in [0.4, 0.5) is 5.69 Å². The number of benzene rings is 2. The number of nitrogens with zero attached hydrogens (tertiary/aromatic N) is 2. The number of anilines is 1. The molecule has 1 aliphatic heterocycles. The van der Waals surface area contributed by atoms with Crippen LogP contribution in [0, 0.1) is 27.7 Å². The zero-order valence-corrected chi connectivity index (χ0v) is 21.0. The molecule has 178 valence electrons. The van der Waals surface area contributed by atoms with Gasteiger partial charge in [-0.25, -0.2) is 4.79 Å². The van der Waals surface area contributed by atoms with Crippen LogP contribution in [-0.2, 0) is 9.59 Å². The van der Waals surface area contributed by atoms with Gasteiger partial charge in [0.25, 0.3) is 11.8 Å². The molecule has 1 fully saturated rings. The molecule has 0 aliphatic carbocycles. The average Bonchev–Trinajstić information content (AvgIpc) is 3.06. The number of carbonyl (C=O) groups is 3. The van der Waals surface area contributed by atoms with Crippen LogP contribution in [0.25, 0.3) is 11.8 Å². The van der Waals surface area contributed by atoms with Crippen molar-refractivity contribution in [1.29, 1.82) is 0 Å². The fourth-order valence-electron chi connectivity index (χ4n) is 4.16. The fourth-order valence-corrected chi connectivity index (χ4v) is 4.69. The maximum atomic E-state index is 13.5. The van der Waals surface area contributed by atoms with Crippen LogP contribution >= 0.6 is 23.8 Å². The normalized spacial score (nSPS) is 15.1. The lowest BCUT2D eigenvalue weighted by atomic mass is 10.0. The predicted octanol–water partition coefficient (Wildman–Crippen LogP) is 4.89. The molecular weight excluding hydrogens is 486 g/mol. The topological polar surface area (TPSA) is 91.6 Å². The second kappa shape index (κ2) is 9.13. The number of aromatic nitrogens is 1. The molecule has 0 spiro atoms. The van der Waals surface area contributed by atoms with Gasteiger partial charge in [-0.1, -0.05) is 23.7 Å². The van der Waals surface area contributed by atoms with Gasteiger partial charge in [-0.05, 0) is 93.0 Å². The van der Waals surface area contributed by atoms with Crippen molar-refractivity contribution in [3.05, 3.63) is 86.7 Å². The van der Waals surface area contributed by atoms with E-state index in [1.54, 1.807) is 24.3 Å². The highest BCUT2D eigenvalue weighted by Crippen LogP contribution is 2.29. The molecule has 0 atom stereocenters. The van der Waals surface area contributed by atoms with E-state index in [4.69, 9.17) is 23.8 Å². The fraction of sp³-hybridized carbons (Fsp3) is 0.154. The summed E-state index contributed by atoms with van der Waals surface area (Å²) in [6.45, 7) is 7.55. The van der Waals surface area contributed by atoms with E-state index in [1.165, 1.54) is 11.0 Å². The number of carbonyl (C=O) groups excluding carboxylic acids is 2. The number of amides is 2. The van der Waals surface area contributed by atoms with Crippen molar-refractivity contribution in [2.24, 2.45) is 0 Å². The molecule has 2 N–H and O–H groups in total. The van der Waals surface area contributed by atoms with Gasteiger partial charge in [0.1, 0.15) is 5.57 Å². The summed E-state index contributed by atoms with van der Waals surface area (Å²) in [6, 6.07) is 12.1.